The fourth-order valence-electron chi connectivity index (χ4n) is 17.4. The second kappa shape index (κ2) is 69.3. The molecule has 5 aliphatic rings. The van der Waals surface area contributed by atoms with E-state index in [9.17, 15) is 23.4 Å². The Balaban J connectivity index is 0.000000860. The number of carbonyl (C=O) groups excluding carboxylic acids is 1. The maximum Gasteiger partial charge on any atom is 0.186 e. The van der Waals surface area contributed by atoms with Crippen molar-refractivity contribution in [2.75, 3.05) is 148 Å². The summed E-state index contributed by atoms with van der Waals surface area (Å²) < 4.78 is 171. The molecule has 32 heteroatoms. The summed E-state index contributed by atoms with van der Waals surface area (Å²) in [5.74, 6) is 2.22. The fourth-order valence-corrected chi connectivity index (χ4v) is 19.1. The van der Waals surface area contributed by atoms with Crippen LogP contribution < -0.4 is 0 Å². The van der Waals surface area contributed by atoms with Gasteiger partial charge in [0.15, 0.2) is 34.6 Å². The number of hydrogen-bond donors (Lipinski definition) is 2. The first-order chi connectivity index (χ1) is 64.3. The summed E-state index contributed by atoms with van der Waals surface area (Å²) in [5.41, 5.74) is 3.71. The highest BCUT2D eigenvalue weighted by molar-refractivity contribution is 8.37. The van der Waals surface area contributed by atoms with Crippen molar-refractivity contribution in [3.05, 3.63) is 120 Å². The highest BCUT2D eigenvalue weighted by Crippen LogP contribution is 2.40. The predicted octanol–water partition coefficient (Wildman–Crippen LogP) is 14.7. The van der Waals surface area contributed by atoms with Gasteiger partial charge in [0.05, 0.1) is 49.8 Å². The zero-order valence-corrected chi connectivity index (χ0v) is 90.3. The Kier molecular flexibility index (Phi) is 65.4. The smallest absolute Gasteiger partial charge is 0.186 e. The maximum atomic E-state index is 11.4. The molecule has 0 aromatic carbocycles. The molecule has 0 radical (unpaired) electrons. The summed E-state index contributed by atoms with van der Waals surface area (Å²) >= 11 is 0. The van der Waals surface area contributed by atoms with E-state index in [4.69, 9.17) is 120 Å². The Labute approximate surface area is 811 Å². The zero-order chi connectivity index (χ0) is 103. The fraction of sp³-hybridized carbons (Fsp3) is 0.794. The van der Waals surface area contributed by atoms with E-state index in [0.717, 1.165) is 54.3 Å². The number of aldehydes is 1. The number of allylic oxidation sites excluding steroid dienone is 10. The van der Waals surface area contributed by atoms with Crippen molar-refractivity contribution in [3.8, 4) is 0 Å². The number of epoxide rings is 1. The molecule has 5 saturated heterocycles. The van der Waals surface area contributed by atoms with Gasteiger partial charge in [0, 0.05) is 178 Å². The van der Waals surface area contributed by atoms with E-state index < -0.39 is 79.6 Å². The van der Waals surface area contributed by atoms with E-state index in [1.165, 1.54) is 13.2 Å². The van der Waals surface area contributed by atoms with E-state index in [1.54, 1.807) is 142 Å². The molecule has 30 nitrogen and oxygen atoms in total. The van der Waals surface area contributed by atoms with Gasteiger partial charge in [-0.2, -0.15) is 0 Å². The number of aliphatic hydroxyl groups is 2. The lowest BCUT2D eigenvalue weighted by Crippen LogP contribution is -2.60. The molecule has 0 aliphatic carbocycles. The number of ether oxygens (including phenoxy) is 25. The summed E-state index contributed by atoms with van der Waals surface area (Å²) in [6.45, 7) is 37.1. The molecular formula is C102H183O30PS. The Morgan fingerprint density at radius 2 is 0.582 bits per heavy atom. The van der Waals surface area contributed by atoms with E-state index in [0.29, 0.717) is 23.7 Å². The highest BCUT2D eigenvalue weighted by atomic mass is 32.7. The van der Waals surface area contributed by atoms with Crippen LogP contribution in [0.2, 0.25) is 0 Å². The normalized spacial score (nSPS) is 31.9. The molecule has 0 bridgehead atoms. The lowest BCUT2D eigenvalue weighted by Gasteiger charge is -2.44. The second-order valence-electron chi connectivity index (χ2n) is 35.4. The van der Waals surface area contributed by atoms with Crippen LogP contribution in [-0.2, 0) is 133 Å². The lowest BCUT2D eigenvalue weighted by molar-refractivity contribution is -0.295. The third-order valence-electron chi connectivity index (χ3n) is 26.5. The van der Waals surface area contributed by atoms with Crippen LogP contribution in [0.3, 0.4) is 0 Å². The van der Waals surface area contributed by atoms with Crippen molar-refractivity contribution in [3.63, 3.8) is 0 Å². The molecule has 0 amide bonds. The van der Waals surface area contributed by atoms with Crippen LogP contribution in [0.25, 0.3) is 0 Å². The molecule has 5 aliphatic heterocycles. The first kappa shape index (κ1) is 126. The number of carbonyl (C=O) groups is 1. The van der Waals surface area contributed by atoms with Crippen LogP contribution in [0.15, 0.2) is 120 Å². The van der Waals surface area contributed by atoms with E-state index in [1.807, 2.05) is 97.1 Å². The Morgan fingerprint density at radius 3 is 0.851 bits per heavy atom. The molecule has 134 heavy (non-hydrogen) atoms. The molecule has 0 saturated carbocycles. The van der Waals surface area contributed by atoms with Gasteiger partial charge in [-0.05, 0) is 114 Å². The van der Waals surface area contributed by atoms with Crippen LogP contribution in [0.1, 0.15) is 150 Å². The first-order valence-corrected chi connectivity index (χ1v) is 50.0. The number of methoxy groups -OCH3 is 20. The van der Waals surface area contributed by atoms with Crippen molar-refractivity contribution in [1.29, 1.82) is 1.28 Å². The Hall–Kier alpha value is -3.63. The van der Waals surface area contributed by atoms with Gasteiger partial charge in [0.1, 0.15) is 110 Å². The van der Waals surface area contributed by atoms with Gasteiger partial charge >= 0.3 is 0 Å². The van der Waals surface area contributed by atoms with Crippen molar-refractivity contribution in [1.82, 2.24) is 0 Å². The number of rotatable bonds is 54. The van der Waals surface area contributed by atoms with E-state index in [-0.39, 0.29) is 151 Å². The topological polar surface area (TPSA) is 326 Å². The monoisotopic (exact) mass is 1950 g/mol. The molecule has 2 N–H and O–H groups in total. The van der Waals surface area contributed by atoms with Gasteiger partial charge < -0.3 is 129 Å². The lowest BCUT2D eigenvalue weighted by atomic mass is 9.91. The summed E-state index contributed by atoms with van der Waals surface area (Å²) in [7, 11) is 28.7. The molecule has 0 aromatic heterocycles. The molecule has 0 spiro atoms. The third kappa shape index (κ3) is 40.3. The molecule has 0 aromatic rings. The van der Waals surface area contributed by atoms with Gasteiger partial charge in [-0.1, -0.05) is 188 Å². The van der Waals surface area contributed by atoms with E-state index in [2.05, 4.69) is 112 Å². The average Bonchev–Trinajstić information content (AvgIpc) is 1.08. The van der Waals surface area contributed by atoms with E-state index >= 15 is 0 Å². The van der Waals surface area contributed by atoms with Crippen LogP contribution >= 0.6 is 8.39 Å². The second-order valence-corrected chi connectivity index (χ2v) is 38.8. The summed E-state index contributed by atoms with van der Waals surface area (Å²) in [4.78, 5) is 10.6. The Morgan fingerprint density at radius 1 is 0.321 bits per heavy atom. The van der Waals surface area contributed by atoms with Crippen molar-refractivity contribution in [2.24, 2.45) is 59.2 Å². The van der Waals surface area contributed by atoms with Crippen LogP contribution in [0, 0.1) is 59.2 Å². The number of aliphatic hydroxyl groups excluding tert-OH is 2. The summed E-state index contributed by atoms with van der Waals surface area (Å²) in [6, 6.07) is 0. The van der Waals surface area contributed by atoms with Crippen LogP contribution in [-0.4, -0.2) is 346 Å². The molecular weight excluding hydrogens is 1770 g/mol. The highest BCUT2D eigenvalue weighted by Gasteiger charge is 2.53. The van der Waals surface area contributed by atoms with Crippen molar-refractivity contribution >= 4 is 24.1 Å². The molecule has 39 atom stereocenters. The summed E-state index contributed by atoms with van der Waals surface area (Å²) in [6.07, 6.45) is 28.3. The van der Waals surface area contributed by atoms with Crippen molar-refractivity contribution in [2.45, 2.75) is 322 Å². The Bertz CT molecular complexity index is 3450. The van der Waals surface area contributed by atoms with Crippen molar-refractivity contribution < 1.29 is 142 Å². The third-order valence-corrected chi connectivity index (χ3v) is 28.0. The van der Waals surface area contributed by atoms with Gasteiger partial charge in [-0.25, -0.2) is 8.42 Å². The SMILES string of the molecule is CC[C@H](OC)[C@@H](C)/C=C/[C@H](C)[C@@H](C)/C=C/C=C(\C)[C@H]1O[C@H](OC)[C@H](OC)[C@@H](OC)[C@@H]1OC.CC[C@H](OC)[C@@H](C)/C=C/[C@H](O)[C@@H](C)/C=C/C=C(\C)[C@H]1O[C@H](OC)[C@H](OC)[C@@H](OC)[C@@H]1OC.CC[C@H](OC)[C@@H](C)[C@H]1O[C@@H]1[C@H](O)[C@@H](C)/C=C/C=C(\C)[C@H]1O[C@H](OC)[C@H](OC)[C@@H](OC)[C@@H]1OC.CO[C@@H]1O[C@H](/C(C)=C/C=O)[C@@H](OC)[C@H](OC)[C@H]1OC.[3H]PS(=O)(=O)C[C@H](C)[C@@H](C)/C=C/[C@H](C)[C@H](CC)OC. The van der Waals surface area contributed by atoms with Crippen LogP contribution in [0.5, 0.6) is 0 Å². The van der Waals surface area contributed by atoms with Gasteiger partial charge in [0.2, 0.25) is 0 Å². The molecule has 782 valence electrons. The van der Waals surface area contributed by atoms with Crippen LogP contribution in [0.4, 0.5) is 0 Å². The number of hydrogen-bond acceptors (Lipinski definition) is 30. The minimum atomic E-state index is -3.19. The molecule has 5 fully saturated rings. The molecule has 5 heterocycles. The first-order valence-electron chi connectivity index (χ1n) is 47.6. The van der Waals surface area contributed by atoms with Gasteiger partial charge in [-0.3, -0.25) is 4.79 Å². The molecule has 1 unspecified atom stereocenters. The molecule has 5 rings (SSSR count). The minimum absolute atomic E-state index is 0.0295. The minimum Gasteiger partial charge on any atom is -0.390 e. The van der Waals surface area contributed by atoms with Gasteiger partial charge in [-0.15, -0.1) is 0 Å². The summed E-state index contributed by atoms with van der Waals surface area (Å²) in [5, 5.41) is 21.2. The standard InChI is InChI=1S/C26H46O6.C25H44O8.C25H44O7.C13H22O6.C13H27O3PS/c1-11-21(27-6)19(4)16-15-18(3)17(2)13-12-14-20(5)22-23(28-7)24(29-8)25(30-9)26(31-10)32-22;1-10-17(27-5)16(4)20-21(32-20)18(26)14(2)12-11-13-15(3)19-22(28-6)23(29-7)24(30-8)25(31-9)33-19;1-10-20(27-5)17(3)14-15-19(26)16(2)12-11-13-18(4)21-22(28-6)23(29-7)24(30-8)25(31-9)32-21;1-8(6-7-14)9-10(15-2)11(16-3)12(17-4)13(18-5)19-9;1-6-13(16-5)11(3)8-7-10(2)12(4)9-18(14,15)17/h12-19,21-26H,11H2,1-10H3;11-14,16-26H,10H2,1-9H3;11-17,19-26H,10H2,1-9H3;6-7,9-13H,1-5H3;7-8,10-13H,6,9,17H2,1-5H3/b13-12+,16-15+,20-14+;12-11+,15-13+;12-11+,15-14+,18-13+;8-6+;8-7+/t17-,18-,19-,21-,22+,23+,24-,25+,26-;14-,16+,17-,18+,19+,20+,21+,22+,23-,24+,25-;16-,17-,19-,20-,21+,22+,23-,24+,25-;9-,10-,11+,12-,13-;10-,11-,12-,13-/m00010/s1/i;;;;17T/t;;;;10-,11-,12-,13-,17?. The van der Waals surface area contributed by atoms with Gasteiger partial charge in [0.25, 0.3) is 0 Å². The largest absolute Gasteiger partial charge is 0.390 e. The maximum absolute atomic E-state index is 11.4. The quantitative estimate of drug-likeness (QED) is 0.0143. The average molecular weight is 1950 g/mol. The predicted molar refractivity (Wildman–Crippen MR) is 528 cm³/mol. The zero-order valence-electron chi connectivity index (χ0n) is 89.5.